The van der Waals surface area contributed by atoms with Crippen molar-refractivity contribution in [3.63, 3.8) is 0 Å². The van der Waals surface area contributed by atoms with Crippen LogP contribution in [-0.2, 0) is 0 Å². The van der Waals surface area contributed by atoms with Gasteiger partial charge in [0.25, 0.3) is 0 Å². The fourth-order valence-corrected chi connectivity index (χ4v) is 2.62. The molecule has 0 aliphatic heterocycles. The van der Waals surface area contributed by atoms with Crippen LogP contribution < -0.4 is 9.47 Å². The highest BCUT2D eigenvalue weighted by atomic mass is 16.5. The minimum Gasteiger partial charge on any atom is -0.494 e. The quantitative estimate of drug-likeness (QED) is 0.430. The van der Waals surface area contributed by atoms with Crippen LogP contribution in [0, 0.1) is 24.7 Å². The fraction of sp³-hybridized carbons (Fsp3) is 0.333. The maximum Gasteiger partial charge on any atom is 0.121 e. The van der Waals surface area contributed by atoms with Gasteiger partial charge < -0.3 is 9.47 Å². The summed E-state index contributed by atoms with van der Waals surface area (Å²) in [6.07, 6.45) is 15.7. The molecule has 0 aromatic heterocycles. The van der Waals surface area contributed by atoms with Gasteiger partial charge in [-0.3, -0.25) is 0 Å². The molecule has 2 heteroatoms. The van der Waals surface area contributed by atoms with Crippen molar-refractivity contribution < 1.29 is 9.47 Å². The van der Waals surface area contributed by atoms with Crippen molar-refractivity contribution in [2.75, 3.05) is 13.2 Å². The van der Waals surface area contributed by atoms with E-state index in [-0.39, 0.29) is 0 Å². The second kappa shape index (κ2) is 10.2. The Labute approximate surface area is 157 Å². The molecule has 0 spiro atoms. The largest absolute Gasteiger partial charge is 0.494 e. The van der Waals surface area contributed by atoms with Crippen LogP contribution in [0.2, 0.25) is 0 Å². The zero-order valence-corrected chi connectivity index (χ0v) is 15.7. The van der Waals surface area contributed by atoms with E-state index < -0.39 is 0 Å². The van der Waals surface area contributed by atoms with E-state index in [0.29, 0.717) is 6.61 Å². The maximum absolute atomic E-state index is 5.79. The van der Waals surface area contributed by atoms with E-state index in [4.69, 9.17) is 22.3 Å². The van der Waals surface area contributed by atoms with Crippen LogP contribution in [-0.4, -0.2) is 13.2 Å². The second-order valence-corrected chi connectivity index (χ2v) is 6.11. The SMILES string of the molecule is C#Cc1cc(OCCCC)cc(C#C)c1-c1ccc(OCCCC)cc1. The lowest BCUT2D eigenvalue weighted by molar-refractivity contribution is 0.309. The predicted molar refractivity (Wildman–Crippen MR) is 109 cm³/mol. The summed E-state index contributed by atoms with van der Waals surface area (Å²) in [6.45, 7) is 5.66. The van der Waals surface area contributed by atoms with Gasteiger partial charge in [0.15, 0.2) is 0 Å². The molecule has 2 aromatic carbocycles. The van der Waals surface area contributed by atoms with Gasteiger partial charge in [0.1, 0.15) is 11.5 Å². The molecule has 0 saturated carbocycles. The molecule has 26 heavy (non-hydrogen) atoms. The van der Waals surface area contributed by atoms with Gasteiger partial charge >= 0.3 is 0 Å². The molecule has 0 saturated heterocycles. The third-order valence-corrected chi connectivity index (χ3v) is 4.10. The van der Waals surface area contributed by atoms with Crippen molar-refractivity contribution in [1.82, 2.24) is 0 Å². The number of hydrogen-bond donors (Lipinski definition) is 0. The molecule has 134 valence electrons. The highest BCUT2D eigenvalue weighted by molar-refractivity contribution is 5.78. The highest BCUT2D eigenvalue weighted by Gasteiger charge is 2.12. The Morgan fingerprint density at radius 2 is 1.27 bits per heavy atom. The highest BCUT2D eigenvalue weighted by Crippen LogP contribution is 2.32. The van der Waals surface area contributed by atoms with Crippen molar-refractivity contribution in [2.24, 2.45) is 0 Å². The molecule has 2 aromatic rings. The average Bonchev–Trinajstić information content (AvgIpc) is 2.68. The molecule has 0 aliphatic carbocycles. The molecule has 0 amide bonds. The second-order valence-electron chi connectivity index (χ2n) is 6.11. The molecule has 0 heterocycles. The van der Waals surface area contributed by atoms with E-state index in [9.17, 15) is 0 Å². The van der Waals surface area contributed by atoms with Crippen molar-refractivity contribution in [2.45, 2.75) is 39.5 Å². The minimum atomic E-state index is 0.660. The zero-order valence-electron chi connectivity index (χ0n) is 15.7. The Balaban J connectivity index is 2.30. The van der Waals surface area contributed by atoms with Gasteiger partial charge in [0.2, 0.25) is 0 Å². The summed E-state index contributed by atoms with van der Waals surface area (Å²) in [5.74, 6) is 7.08. The molecule has 0 aliphatic rings. The monoisotopic (exact) mass is 346 g/mol. The van der Waals surface area contributed by atoms with Gasteiger partial charge in [-0.1, -0.05) is 50.7 Å². The number of benzene rings is 2. The molecule has 0 atom stereocenters. The Morgan fingerprint density at radius 1 is 0.769 bits per heavy atom. The molecule has 2 nitrogen and oxygen atoms in total. The average molecular weight is 346 g/mol. The first-order valence-electron chi connectivity index (χ1n) is 9.20. The lowest BCUT2D eigenvalue weighted by atomic mass is 9.94. The number of unbranched alkanes of at least 4 members (excludes halogenated alkanes) is 2. The smallest absolute Gasteiger partial charge is 0.121 e. The summed E-state index contributed by atoms with van der Waals surface area (Å²) in [5, 5.41) is 0. The molecule has 0 unspecified atom stereocenters. The van der Waals surface area contributed by atoms with Gasteiger partial charge in [0, 0.05) is 16.7 Å². The Kier molecular flexibility index (Phi) is 7.66. The van der Waals surface area contributed by atoms with Gasteiger partial charge in [0.05, 0.1) is 13.2 Å². The van der Waals surface area contributed by atoms with Gasteiger partial charge in [-0.05, 0) is 42.7 Å². The summed E-state index contributed by atoms with van der Waals surface area (Å²) >= 11 is 0. The first-order chi connectivity index (χ1) is 12.7. The summed E-state index contributed by atoms with van der Waals surface area (Å²) in [5.41, 5.74) is 3.35. The summed E-state index contributed by atoms with van der Waals surface area (Å²) in [4.78, 5) is 0. The van der Waals surface area contributed by atoms with Crippen molar-refractivity contribution in [1.29, 1.82) is 0 Å². The van der Waals surface area contributed by atoms with E-state index in [2.05, 4.69) is 25.7 Å². The zero-order chi connectivity index (χ0) is 18.8. The Morgan fingerprint density at radius 3 is 1.73 bits per heavy atom. The molecule has 2 rings (SSSR count). The van der Waals surface area contributed by atoms with E-state index in [1.165, 1.54) is 0 Å². The Bertz CT molecular complexity index is 753. The van der Waals surface area contributed by atoms with Crippen LogP contribution in [0.15, 0.2) is 36.4 Å². The van der Waals surface area contributed by atoms with Crippen molar-refractivity contribution >= 4 is 0 Å². The molecular weight excluding hydrogens is 320 g/mol. The van der Waals surface area contributed by atoms with Crippen molar-refractivity contribution in [3.8, 4) is 47.3 Å². The summed E-state index contributed by atoms with van der Waals surface area (Å²) in [7, 11) is 0. The minimum absolute atomic E-state index is 0.660. The molecular formula is C24H26O2. The van der Waals surface area contributed by atoms with E-state index in [1.54, 1.807) is 0 Å². The van der Waals surface area contributed by atoms with Gasteiger partial charge in [-0.25, -0.2) is 0 Å². The van der Waals surface area contributed by atoms with E-state index in [0.717, 1.165) is 66.0 Å². The Hall–Kier alpha value is -2.84. The lowest BCUT2D eigenvalue weighted by Gasteiger charge is -2.13. The van der Waals surface area contributed by atoms with Crippen molar-refractivity contribution in [3.05, 3.63) is 47.5 Å². The van der Waals surface area contributed by atoms with Gasteiger partial charge in [-0.15, -0.1) is 12.8 Å². The third-order valence-electron chi connectivity index (χ3n) is 4.10. The molecule has 0 radical (unpaired) electrons. The van der Waals surface area contributed by atoms with E-state index >= 15 is 0 Å². The normalized spacial score (nSPS) is 10.0. The van der Waals surface area contributed by atoms with Crippen LogP contribution in [0.5, 0.6) is 11.5 Å². The number of hydrogen-bond acceptors (Lipinski definition) is 2. The lowest BCUT2D eigenvalue weighted by Crippen LogP contribution is -1.99. The summed E-state index contributed by atoms with van der Waals surface area (Å²) < 4.78 is 11.5. The topological polar surface area (TPSA) is 18.5 Å². The third kappa shape index (κ3) is 5.08. The first kappa shape index (κ1) is 19.5. The fourth-order valence-electron chi connectivity index (χ4n) is 2.62. The summed E-state index contributed by atoms with van der Waals surface area (Å²) in [6, 6.07) is 11.7. The standard InChI is InChI=1S/C24H26O2/c1-5-9-15-25-22-13-11-21(12-14-22)24-19(7-3)17-23(18-20(24)8-4)26-16-10-6-2/h3-4,11-14,17-18H,5-6,9-10,15-16H2,1-2H3. The molecule has 0 N–H and O–H groups in total. The number of ether oxygens (including phenoxy) is 2. The molecule has 0 bridgehead atoms. The van der Waals surface area contributed by atoms with Crippen LogP contribution in [0.4, 0.5) is 0 Å². The van der Waals surface area contributed by atoms with Crippen LogP contribution in [0.1, 0.15) is 50.7 Å². The van der Waals surface area contributed by atoms with Crippen LogP contribution in [0.25, 0.3) is 11.1 Å². The van der Waals surface area contributed by atoms with E-state index in [1.807, 2.05) is 36.4 Å². The predicted octanol–water partition coefficient (Wildman–Crippen LogP) is 5.67. The van der Waals surface area contributed by atoms with Gasteiger partial charge in [-0.2, -0.15) is 0 Å². The van der Waals surface area contributed by atoms with Crippen LogP contribution >= 0.6 is 0 Å². The first-order valence-corrected chi connectivity index (χ1v) is 9.20. The molecule has 0 fully saturated rings. The number of terminal acetylenes is 2. The van der Waals surface area contributed by atoms with Crippen LogP contribution in [0.3, 0.4) is 0 Å². The maximum atomic E-state index is 5.79. The number of rotatable bonds is 9.